The van der Waals surface area contributed by atoms with Gasteiger partial charge in [-0.15, -0.1) is 11.3 Å². The van der Waals surface area contributed by atoms with Gasteiger partial charge in [0.2, 0.25) is 0 Å². The summed E-state index contributed by atoms with van der Waals surface area (Å²) in [6.45, 7) is 1.73. The minimum absolute atomic E-state index is 0.00283. The van der Waals surface area contributed by atoms with Crippen molar-refractivity contribution in [2.75, 3.05) is 19.7 Å². The molecule has 0 unspecified atom stereocenters. The van der Waals surface area contributed by atoms with Crippen LogP contribution in [0, 0.1) is 12.7 Å². The SMILES string of the molecule is Cc1nc(C(=O)NCC[C@H](O)CNC(=O)COc2ccc(Cl)c(F)c2)cs1. The minimum Gasteiger partial charge on any atom is -0.484 e. The molecule has 0 bridgehead atoms. The van der Waals surface area contributed by atoms with Crippen LogP contribution in [-0.4, -0.2) is 47.7 Å². The van der Waals surface area contributed by atoms with Crippen molar-refractivity contribution in [2.45, 2.75) is 19.4 Å². The molecule has 0 radical (unpaired) electrons. The lowest BCUT2D eigenvalue weighted by Gasteiger charge is -2.13. The van der Waals surface area contributed by atoms with Gasteiger partial charge in [-0.2, -0.15) is 0 Å². The Morgan fingerprint density at radius 2 is 2.19 bits per heavy atom. The van der Waals surface area contributed by atoms with E-state index in [-0.39, 0.29) is 42.8 Å². The first-order valence-corrected chi connectivity index (χ1v) is 9.34. The van der Waals surface area contributed by atoms with Gasteiger partial charge < -0.3 is 20.5 Å². The highest BCUT2D eigenvalue weighted by Gasteiger charge is 2.11. The zero-order valence-electron chi connectivity index (χ0n) is 14.5. The predicted octanol–water partition coefficient (Wildman–Crippen LogP) is 1.92. The van der Waals surface area contributed by atoms with Crippen LogP contribution in [0.2, 0.25) is 5.02 Å². The standard InChI is InChI=1S/C17H19ClFN3O4S/c1-10-22-15(9-27-10)17(25)20-5-4-11(23)7-21-16(24)8-26-12-2-3-13(18)14(19)6-12/h2-3,6,9,11,23H,4-5,7-8H2,1H3,(H,20,25)(H,21,24)/t11-/m0/s1. The second-order valence-corrected chi connectivity index (χ2v) is 7.09. The second-order valence-electron chi connectivity index (χ2n) is 5.62. The lowest BCUT2D eigenvalue weighted by Crippen LogP contribution is -2.37. The van der Waals surface area contributed by atoms with Crippen molar-refractivity contribution in [1.29, 1.82) is 0 Å². The Balaban J connectivity index is 1.61. The van der Waals surface area contributed by atoms with E-state index >= 15 is 0 Å². The molecule has 10 heteroatoms. The largest absolute Gasteiger partial charge is 0.484 e. The number of benzene rings is 1. The molecule has 3 N–H and O–H groups in total. The smallest absolute Gasteiger partial charge is 0.270 e. The van der Waals surface area contributed by atoms with Gasteiger partial charge in [0.05, 0.1) is 16.1 Å². The molecule has 2 rings (SSSR count). The number of aliphatic hydroxyl groups excluding tert-OH is 1. The van der Waals surface area contributed by atoms with Crippen molar-refractivity contribution in [3.63, 3.8) is 0 Å². The number of nitrogens with zero attached hydrogens (tertiary/aromatic N) is 1. The third kappa shape index (κ3) is 7.12. The summed E-state index contributed by atoms with van der Waals surface area (Å²) in [6, 6.07) is 3.85. The number of aryl methyl sites for hydroxylation is 1. The van der Waals surface area contributed by atoms with Crippen LogP contribution < -0.4 is 15.4 Å². The Morgan fingerprint density at radius 3 is 2.85 bits per heavy atom. The number of rotatable bonds is 9. The maximum Gasteiger partial charge on any atom is 0.270 e. The molecule has 1 aromatic heterocycles. The molecule has 0 saturated heterocycles. The number of halogens is 2. The molecule has 0 aliphatic carbocycles. The van der Waals surface area contributed by atoms with Gasteiger partial charge in [-0.1, -0.05) is 11.6 Å². The highest BCUT2D eigenvalue weighted by Crippen LogP contribution is 2.20. The molecule has 0 saturated carbocycles. The van der Waals surface area contributed by atoms with Gasteiger partial charge in [0.1, 0.15) is 17.3 Å². The zero-order valence-corrected chi connectivity index (χ0v) is 16.1. The van der Waals surface area contributed by atoms with Crippen molar-refractivity contribution < 1.29 is 23.8 Å². The topological polar surface area (TPSA) is 101 Å². The van der Waals surface area contributed by atoms with Crippen LogP contribution in [-0.2, 0) is 4.79 Å². The summed E-state index contributed by atoms with van der Waals surface area (Å²) in [6.07, 6.45) is -0.572. The monoisotopic (exact) mass is 415 g/mol. The lowest BCUT2D eigenvalue weighted by atomic mass is 10.2. The summed E-state index contributed by atoms with van der Waals surface area (Å²) in [5.41, 5.74) is 0.344. The maximum atomic E-state index is 13.3. The highest BCUT2D eigenvalue weighted by molar-refractivity contribution is 7.09. The fourth-order valence-corrected chi connectivity index (χ4v) is 2.72. The number of nitrogens with one attached hydrogen (secondary N) is 2. The summed E-state index contributed by atoms with van der Waals surface area (Å²) in [7, 11) is 0. The van der Waals surface area contributed by atoms with Crippen LogP contribution in [0.4, 0.5) is 4.39 Å². The fourth-order valence-electron chi connectivity index (χ4n) is 2.01. The van der Waals surface area contributed by atoms with Gasteiger partial charge in [0, 0.05) is 24.5 Å². The Kier molecular flexibility index (Phi) is 7.96. The van der Waals surface area contributed by atoms with Crippen molar-refractivity contribution in [3.05, 3.63) is 45.1 Å². The van der Waals surface area contributed by atoms with E-state index in [1.54, 1.807) is 12.3 Å². The van der Waals surface area contributed by atoms with Crippen LogP contribution in [0.5, 0.6) is 5.75 Å². The molecular formula is C17H19ClFN3O4S. The molecule has 0 spiro atoms. The lowest BCUT2D eigenvalue weighted by molar-refractivity contribution is -0.123. The number of ether oxygens (including phenoxy) is 1. The molecule has 2 amide bonds. The van der Waals surface area contributed by atoms with Crippen LogP contribution in [0.1, 0.15) is 21.9 Å². The summed E-state index contributed by atoms with van der Waals surface area (Å²) >= 11 is 6.94. The zero-order chi connectivity index (χ0) is 19.8. The molecule has 0 fully saturated rings. The van der Waals surface area contributed by atoms with Gasteiger partial charge in [0.25, 0.3) is 11.8 Å². The summed E-state index contributed by atoms with van der Waals surface area (Å²) in [4.78, 5) is 27.6. The Bertz CT molecular complexity index is 802. The minimum atomic E-state index is -0.834. The van der Waals surface area contributed by atoms with E-state index in [0.717, 1.165) is 11.1 Å². The average molecular weight is 416 g/mol. The second kappa shape index (κ2) is 10.2. The summed E-state index contributed by atoms with van der Waals surface area (Å²) in [5.74, 6) is -1.24. The summed E-state index contributed by atoms with van der Waals surface area (Å²) in [5, 5.41) is 17.4. The van der Waals surface area contributed by atoms with Crippen molar-refractivity contribution in [3.8, 4) is 5.75 Å². The molecule has 1 atom stereocenters. The molecule has 0 aliphatic heterocycles. The number of aromatic nitrogens is 1. The van der Waals surface area contributed by atoms with Gasteiger partial charge in [0.15, 0.2) is 6.61 Å². The molecule has 27 heavy (non-hydrogen) atoms. The van der Waals surface area contributed by atoms with E-state index in [0.29, 0.717) is 5.69 Å². The molecule has 1 heterocycles. The van der Waals surface area contributed by atoms with Crippen LogP contribution in [0.15, 0.2) is 23.6 Å². The predicted molar refractivity (Wildman–Crippen MR) is 99.7 cm³/mol. The average Bonchev–Trinajstić information content (AvgIpc) is 3.07. The van der Waals surface area contributed by atoms with Crippen molar-refractivity contribution >= 4 is 34.8 Å². The van der Waals surface area contributed by atoms with E-state index in [2.05, 4.69) is 15.6 Å². The molecular weight excluding hydrogens is 397 g/mol. The third-order valence-electron chi connectivity index (χ3n) is 3.41. The fraction of sp³-hybridized carbons (Fsp3) is 0.353. The number of hydrogen-bond donors (Lipinski definition) is 3. The Labute approximate surface area is 164 Å². The number of hydrogen-bond acceptors (Lipinski definition) is 6. The Morgan fingerprint density at radius 1 is 1.41 bits per heavy atom. The molecule has 2 aromatic rings. The van der Waals surface area contributed by atoms with Gasteiger partial charge >= 0.3 is 0 Å². The third-order valence-corrected chi connectivity index (χ3v) is 4.49. The van der Waals surface area contributed by atoms with Crippen LogP contribution in [0.25, 0.3) is 0 Å². The van der Waals surface area contributed by atoms with Crippen LogP contribution in [0.3, 0.4) is 0 Å². The van der Waals surface area contributed by atoms with E-state index in [1.807, 2.05) is 0 Å². The van der Waals surface area contributed by atoms with E-state index in [9.17, 15) is 19.1 Å². The van der Waals surface area contributed by atoms with E-state index in [1.165, 1.54) is 23.5 Å². The van der Waals surface area contributed by atoms with Crippen molar-refractivity contribution in [1.82, 2.24) is 15.6 Å². The highest BCUT2D eigenvalue weighted by atomic mass is 35.5. The number of thiazole rings is 1. The first-order chi connectivity index (χ1) is 12.8. The molecule has 146 valence electrons. The molecule has 7 nitrogen and oxygen atoms in total. The van der Waals surface area contributed by atoms with E-state index in [4.69, 9.17) is 16.3 Å². The maximum absolute atomic E-state index is 13.3. The normalized spacial score (nSPS) is 11.7. The number of carbonyl (C=O) groups excluding carboxylic acids is 2. The van der Waals surface area contributed by atoms with E-state index < -0.39 is 17.8 Å². The van der Waals surface area contributed by atoms with Gasteiger partial charge in [-0.25, -0.2) is 9.37 Å². The number of amides is 2. The Hall–Kier alpha value is -2.23. The first kappa shape index (κ1) is 21.1. The quantitative estimate of drug-likeness (QED) is 0.581. The molecule has 0 aliphatic rings. The summed E-state index contributed by atoms with van der Waals surface area (Å²) < 4.78 is 18.4. The van der Waals surface area contributed by atoms with Crippen molar-refractivity contribution in [2.24, 2.45) is 0 Å². The van der Waals surface area contributed by atoms with Gasteiger partial charge in [-0.05, 0) is 25.5 Å². The number of aliphatic hydroxyl groups is 1. The van der Waals surface area contributed by atoms with Gasteiger partial charge in [-0.3, -0.25) is 9.59 Å². The molecule has 1 aromatic carbocycles. The van der Waals surface area contributed by atoms with Crippen LogP contribution >= 0.6 is 22.9 Å². The first-order valence-electron chi connectivity index (χ1n) is 8.08. The number of carbonyl (C=O) groups is 2.